The molecule has 4 N–H and O–H groups in total. The molecular weight excluding hydrogens is 689 g/mol. The molecule has 5 atom stereocenters. The second-order valence-electron chi connectivity index (χ2n) is 16.2. The fourth-order valence-electron chi connectivity index (χ4n) is 6.38. The summed E-state index contributed by atoms with van der Waals surface area (Å²) in [5.41, 5.74) is -2.88. The molecule has 2 saturated carbocycles. The molecule has 2 aromatic rings. The molecule has 0 radical (unpaired) electrons. The number of fused-ring (bicyclic) bond motifs is 1. The molecule has 1 saturated heterocycles. The maximum atomic E-state index is 14.5. The lowest BCUT2D eigenvalue weighted by Gasteiger charge is -2.36. The van der Waals surface area contributed by atoms with Crippen LogP contribution < -0.4 is 30.1 Å². The molecule has 3 aliphatic rings. The molecule has 15 heteroatoms. The Kier molecular flexibility index (Phi) is 10.4. The molecule has 284 valence electrons. The maximum Gasteiger partial charge on any atom is 0.315 e. The van der Waals surface area contributed by atoms with Gasteiger partial charge in [-0.05, 0) is 81.5 Å². The van der Waals surface area contributed by atoms with E-state index in [0.29, 0.717) is 36.3 Å². The van der Waals surface area contributed by atoms with Crippen LogP contribution in [0.3, 0.4) is 0 Å². The molecule has 0 bridgehead atoms. The summed E-state index contributed by atoms with van der Waals surface area (Å²) in [4.78, 5) is 61.5. The Bertz CT molecular complexity index is 1870. The van der Waals surface area contributed by atoms with Gasteiger partial charge in [0.25, 0.3) is 5.91 Å². The zero-order chi connectivity index (χ0) is 38.4. The van der Waals surface area contributed by atoms with Gasteiger partial charge in [-0.25, -0.2) is 18.2 Å². The highest BCUT2D eigenvalue weighted by Gasteiger charge is 2.63. The van der Waals surface area contributed by atoms with Crippen molar-refractivity contribution in [1.29, 1.82) is 0 Å². The lowest BCUT2D eigenvalue weighted by Crippen LogP contribution is -2.62. The number of pyridine rings is 1. The molecule has 2 aliphatic carbocycles. The van der Waals surface area contributed by atoms with E-state index >= 15 is 0 Å². The molecule has 5 amide bonds. The predicted molar refractivity (Wildman–Crippen MR) is 196 cm³/mol. The molecule has 1 aliphatic heterocycles. The molecule has 5 rings (SSSR count). The van der Waals surface area contributed by atoms with E-state index < -0.39 is 79.1 Å². The van der Waals surface area contributed by atoms with Crippen molar-refractivity contribution in [2.75, 3.05) is 13.7 Å². The van der Waals surface area contributed by atoms with Gasteiger partial charge in [0.1, 0.15) is 29.5 Å². The SMILES string of the molecule is C=C[C@@H]1C[C@]1(NC(=O)[C@@H]1C[C@@H](Oc2nccc3cc(OC)ccc23)CN1C(=O)[C@@H](NC(=O)NC(C)(C)CC)C(C)(C)C)C(=O)NS(=O)(=O)C1(C)CC1. The van der Waals surface area contributed by atoms with Crippen molar-refractivity contribution in [3.05, 3.63) is 43.1 Å². The molecule has 3 fully saturated rings. The van der Waals surface area contributed by atoms with Crippen molar-refractivity contribution in [1.82, 2.24) is 30.6 Å². The Balaban J connectivity index is 1.45. The Labute approximate surface area is 305 Å². The van der Waals surface area contributed by atoms with Crippen LogP contribution in [0, 0.1) is 11.3 Å². The van der Waals surface area contributed by atoms with Crippen LogP contribution in [0.5, 0.6) is 11.6 Å². The van der Waals surface area contributed by atoms with Crippen LogP contribution in [-0.2, 0) is 24.4 Å². The number of nitrogens with zero attached hydrogens (tertiary/aromatic N) is 2. The summed E-state index contributed by atoms with van der Waals surface area (Å²) in [5.74, 6) is -1.59. The minimum atomic E-state index is -3.99. The van der Waals surface area contributed by atoms with E-state index in [1.54, 1.807) is 26.3 Å². The van der Waals surface area contributed by atoms with Crippen LogP contribution in [0.4, 0.5) is 4.79 Å². The van der Waals surface area contributed by atoms with E-state index in [1.807, 2.05) is 59.7 Å². The summed E-state index contributed by atoms with van der Waals surface area (Å²) in [6.07, 6.45) is 4.07. The quantitative estimate of drug-likeness (QED) is 0.223. The highest BCUT2D eigenvalue weighted by molar-refractivity contribution is 7.91. The van der Waals surface area contributed by atoms with E-state index in [0.717, 1.165) is 5.39 Å². The van der Waals surface area contributed by atoms with Gasteiger partial charge in [0, 0.05) is 29.5 Å². The number of urea groups is 1. The number of aromatic nitrogens is 1. The molecule has 1 aromatic heterocycles. The second-order valence-corrected chi connectivity index (χ2v) is 18.4. The van der Waals surface area contributed by atoms with Crippen molar-refractivity contribution >= 4 is 44.5 Å². The molecule has 0 spiro atoms. The minimum Gasteiger partial charge on any atom is -0.497 e. The zero-order valence-electron chi connectivity index (χ0n) is 31.3. The summed E-state index contributed by atoms with van der Waals surface area (Å²) >= 11 is 0. The number of carbonyl (C=O) groups is 4. The van der Waals surface area contributed by atoms with Gasteiger partial charge in [-0.1, -0.05) is 33.8 Å². The van der Waals surface area contributed by atoms with Crippen molar-refractivity contribution in [2.45, 2.75) is 115 Å². The largest absolute Gasteiger partial charge is 0.497 e. The number of sulfonamides is 1. The fraction of sp³-hybridized carbons (Fsp3) is 0.595. The Morgan fingerprint density at radius 3 is 2.40 bits per heavy atom. The number of amides is 5. The van der Waals surface area contributed by atoms with E-state index in [4.69, 9.17) is 9.47 Å². The number of carbonyl (C=O) groups excluding carboxylic acids is 4. The Morgan fingerprint density at radius 2 is 1.83 bits per heavy atom. The molecule has 52 heavy (non-hydrogen) atoms. The molecular formula is C37H52N6O8S. The first-order valence-corrected chi connectivity index (χ1v) is 19.2. The predicted octanol–water partition coefficient (Wildman–Crippen LogP) is 3.55. The van der Waals surface area contributed by atoms with Crippen LogP contribution in [0.15, 0.2) is 43.1 Å². The summed E-state index contributed by atoms with van der Waals surface area (Å²) in [5, 5.41) is 10.1. The zero-order valence-corrected chi connectivity index (χ0v) is 32.1. The minimum absolute atomic E-state index is 0.0295. The number of hydrogen-bond donors (Lipinski definition) is 4. The highest BCUT2D eigenvalue weighted by Crippen LogP contribution is 2.47. The number of hydrogen-bond acceptors (Lipinski definition) is 9. The normalized spacial score (nSPS) is 24.3. The first-order valence-electron chi connectivity index (χ1n) is 17.7. The standard InChI is InChI=1S/C37H52N6O8S/c1-10-23-20-37(23,32(46)42-52(48,49)36(8)15-16-36)40-29(44)27-19-25(51-30-26-13-12-24(50-9)18-22(26)14-17-38-30)21-43(27)31(45)28(34(3,4)5)39-33(47)41-35(6,7)11-2/h10,12-14,17-18,23,25,27-28H,1,11,15-16,19-21H2,2-9H3,(H,40,44)(H,42,46)(H2,39,41,47)/t23-,25-,27+,28-,37-/m1/s1. The van der Waals surface area contributed by atoms with Gasteiger partial charge >= 0.3 is 6.03 Å². The van der Waals surface area contributed by atoms with Crippen molar-refractivity contribution in [3.8, 4) is 11.6 Å². The van der Waals surface area contributed by atoms with Crippen LogP contribution in [0.25, 0.3) is 10.8 Å². The Hall–Kier alpha value is -4.40. The van der Waals surface area contributed by atoms with Crippen LogP contribution >= 0.6 is 0 Å². The fourth-order valence-corrected chi connectivity index (χ4v) is 7.69. The Morgan fingerprint density at radius 1 is 1.13 bits per heavy atom. The third-order valence-electron chi connectivity index (χ3n) is 10.7. The average Bonchev–Trinajstić information content (AvgIpc) is 3.96. The van der Waals surface area contributed by atoms with Crippen molar-refractivity contribution < 1.29 is 37.1 Å². The summed E-state index contributed by atoms with van der Waals surface area (Å²) in [6, 6.07) is 4.53. The maximum absolute atomic E-state index is 14.5. The summed E-state index contributed by atoms with van der Waals surface area (Å²) < 4.78 is 38.9. The molecule has 1 aromatic carbocycles. The molecule has 0 unspecified atom stereocenters. The average molecular weight is 741 g/mol. The van der Waals surface area contributed by atoms with Crippen LogP contribution in [-0.4, -0.2) is 89.7 Å². The van der Waals surface area contributed by atoms with Gasteiger partial charge in [0.15, 0.2) is 0 Å². The van der Waals surface area contributed by atoms with Gasteiger partial charge in [0.2, 0.25) is 27.7 Å². The number of methoxy groups -OCH3 is 1. The van der Waals surface area contributed by atoms with E-state index in [2.05, 4.69) is 32.2 Å². The van der Waals surface area contributed by atoms with Gasteiger partial charge in [-0.15, -0.1) is 6.58 Å². The summed E-state index contributed by atoms with van der Waals surface area (Å²) in [7, 11) is -2.42. The number of ether oxygens (including phenoxy) is 2. The van der Waals surface area contributed by atoms with Crippen LogP contribution in [0.1, 0.15) is 80.6 Å². The van der Waals surface area contributed by atoms with Crippen molar-refractivity contribution in [2.24, 2.45) is 11.3 Å². The first-order chi connectivity index (χ1) is 24.2. The lowest BCUT2D eigenvalue weighted by atomic mass is 9.85. The number of likely N-dealkylation sites (tertiary alicyclic amines) is 1. The monoisotopic (exact) mass is 740 g/mol. The first kappa shape index (κ1) is 38.8. The highest BCUT2D eigenvalue weighted by atomic mass is 32.2. The van der Waals surface area contributed by atoms with E-state index in [1.165, 1.54) is 11.0 Å². The smallest absolute Gasteiger partial charge is 0.315 e. The number of nitrogens with one attached hydrogen (secondary N) is 4. The summed E-state index contributed by atoms with van der Waals surface area (Å²) in [6.45, 7) is 16.4. The van der Waals surface area contributed by atoms with Crippen molar-refractivity contribution in [3.63, 3.8) is 0 Å². The third kappa shape index (κ3) is 7.83. The van der Waals surface area contributed by atoms with Gasteiger partial charge in [-0.3, -0.25) is 19.1 Å². The molecule has 2 heterocycles. The van der Waals surface area contributed by atoms with E-state index in [-0.39, 0.29) is 19.4 Å². The lowest BCUT2D eigenvalue weighted by molar-refractivity contribution is -0.142. The third-order valence-corrected chi connectivity index (χ3v) is 12.8. The topological polar surface area (TPSA) is 185 Å². The van der Waals surface area contributed by atoms with Gasteiger partial charge < -0.3 is 30.3 Å². The number of rotatable bonds is 13. The van der Waals surface area contributed by atoms with E-state index in [9.17, 15) is 27.6 Å². The van der Waals surface area contributed by atoms with Crippen LogP contribution in [0.2, 0.25) is 0 Å². The van der Waals surface area contributed by atoms with Gasteiger partial charge in [-0.2, -0.15) is 0 Å². The van der Waals surface area contributed by atoms with Gasteiger partial charge in [0.05, 0.1) is 18.4 Å². The second kappa shape index (κ2) is 13.9. The number of benzene rings is 1. The molecule has 14 nitrogen and oxygen atoms in total.